The molecule has 1 aromatic carbocycles. The van der Waals surface area contributed by atoms with Gasteiger partial charge in [-0.3, -0.25) is 0 Å². The average molecular weight is 357 g/mol. The Bertz CT molecular complexity index is 922. The number of hydrogen-bond donors (Lipinski definition) is 1. The van der Waals surface area contributed by atoms with E-state index in [9.17, 15) is 0 Å². The van der Waals surface area contributed by atoms with Crippen LogP contribution in [0.5, 0.6) is 0 Å². The van der Waals surface area contributed by atoms with Crippen molar-refractivity contribution in [1.29, 1.82) is 0 Å². The fraction of sp³-hybridized carbons (Fsp3) is 0.389. The minimum atomic E-state index is -0.0953. The number of benzene rings is 1. The number of fused-ring (bicyclic) bond motifs is 1. The summed E-state index contributed by atoms with van der Waals surface area (Å²) >= 11 is 6.48. The SMILES string of the molecule is Cc1cccc(-n2ncc3c(N4CCC(C)(N)CC4)ncnc32)c1Cl. The molecule has 1 aliphatic rings. The van der Waals surface area contributed by atoms with Crippen LogP contribution < -0.4 is 10.6 Å². The maximum Gasteiger partial charge on any atom is 0.168 e. The number of aromatic nitrogens is 4. The van der Waals surface area contributed by atoms with E-state index in [0.717, 1.165) is 54.0 Å². The number of aryl methyl sites for hydroxylation is 1. The van der Waals surface area contributed by atoms with E-state index in [0.29, 0.717) is 5.02 Å². The zero-order valence-corrected chi connectivity index (χ0v) is 15.2. The Morgan fingerprint density at radius 2 is 1.96 bits per heavy atom. The highest BCUT2D eigenvalue weighted by atomic mass is 35.5. The number of anilines is 1. The van der Waals surface area contributed by atoms with Gasteiger partial charge in [-0.2, -0.15) is 5.10 Å². The third-order valence-corrected chi connectivity index (χ3v) is 5.44. The van der Waals surface area contributed by atoms with Crippen molar-refractivity contribution in [2.45, 2.75) is 32.2 Å². The van der Waals surface area contributed by atoms with E-state index < -0.39 is 0 Å². The number of piperidine rings is 1. The molecular formula is C18H21ClN6. The first-order chi connectivity index (χ1) is 12.0. The molecule has 1 aliphatic heterocycles. The largest absolute Gasteiger partial charge is 0.356 e. The number of halogens is 1. The molecule has 25 heavy (non-hydrogen) atoms. The van der Waals surface area contributed by atoms with Crippen molar-refractivity contribution in [3.05, 3.63) is 41.3 Å². The van der Waals surface area contributed by atoms with Crippen LogP contribution in [-0.4, -0.2) is 38.4 Å². The van der Waals surface area contributed by atoms with Crippen LogP contribution in [0.3, 0.4) is 0 Å². The molecule has 0 amide bonds. The van der Waals surface area contributed by atoms with Gasteiger partial charge in [-0.1, -0.05) is 23.7 Å². The molecule has 3 aromatic rings. The fourth-order valence-corrected chi connectivity index (χ4v) is 3.49. The number of nitrogens with two attached hydrogens (primary N) is 1. The van der Waals surface area contributed by atoms with Crippen molar-refractivity contribution in [1.82, 2.24) is 19.7 Å². The quantitative estimate of drug-likeness (QED) is 0.763. The zero-order valence-electron chi connectivity index (χ0n) is 14.4. The van der Waals surface area contributed by atoms with E-state index in [-0.39, 0.29) is 5.54 Å². The third kappa shape index (κ3) is 2.85. The summed E-state index contributed by atoms with van der Waals surface area (Å²) in [7, 11) is 0. The van der Waals surface area contributed by atoms with Gasteiger partial charge < -0.3 is 10.6 Å². The highest BCUT2D eigenvalue weighted by molar-refractivity contribution is 6.33. The Balaban J connectivity index is 1.78. The summed E-state index contributed by atoms with van der Waals surface area (Å²) in [5, 5.41) is 6.15. The predicted molar refractivity (Wildman–Crippen MR) is 100 cm³/mol. The van der Waals surface area contributed by atoms with Gasteiger partial charge in [0.1, 0.15) is 12.1 Å². The summed E-state index contributed by atoms with van der Waals surface area (Å²) < 4.78 is 1.78. The normalized spacial score (nSPS) is 17.2. The van der Waals surface area contributed by atoms with Crippen LogP contribution in [0.1, 0.15) is 25.3 Å². The Labute approximate surface area is 151 Å². The van der Waals surface area contributed by atoms with Gasteiger partial charge in [0.15, 0.2) is 5.65 Å². The van der Waals surface area contributed by atoms with Gasteiger partial charge in [-0.25, -0.2) is 14.6 Å². The van der Waals surface area contributed by atoms with Gasteiger partial charge in [0.25, 0.3) is 0 Å². The maximum absolute atomic E-state index is 6.48. The molecule has 2 N–H and O–H groups in total. The molecule has 6 nitrogen and oxygen atoms in total. The van der Waals surface area contributed by atoms with E-state index in [1.807, 2.05) is 31.3 Å². The standard InChI is InChI=1S/C18H21ClN6/c1-12-4-3-5-14(15(12)19)25-17-13(10-23-25)16(21-11-22-17)24-8-6-18(2,20)7-9-24/h3-5,10-11H,6-9,20H2,1-2H3. The molecule has 1 fully saturated rings. The van der Waals surface area contributed by atoms with E-state index >= 15 is 0 Å². The molecule has 0 bridgehead atoms. The molecule has 0 aliphatic carbocycles. The highest BCUT2D eigenvalue weighted by Gasteiger charge is 2.28. The molecule has 0 saturated carbocycles. The Kier molecular flexibility index (Phi) is 3.89. The summed E-state index contributed by atoms with van der Waals surface area (Å²) in [4.78, 5) is 11.2. The zero-order chi connectivity index (χ0) is 17.6. The van der Waals surface area contributed by atoms with Crippen molar-refractivity contribution in [3.8, 4) is 5.69 Å². The van der Waals surface area contributed by atoms with E-state index in [2.05, 4.69) is 26.9 Å². The van der Waals surface area contributed by atoms with Gasteiger partial charge in [-0.05, 0) is 38.3 Å². The lowest BCUT2D eigenvalue weighted by Crippen LogP contribution is -2.48. The van der Waals surface area contributed by atoms with Gasteiger partial charge >= 0.3 is 0 Å². The lowest BCUT2D eigenvalue weighted by atomic mass is 9.91. The minimum Gasteiger partial charge on any atom is -0.356 e. The number of rotatable bonds is 2. The second-order valence-electron chi connectivity index (χ2n) is 7.04. The van der Waals surface area contributed by atoms with Gasteiger partial charge in [0, 0.05) is 18.6 Å². The van der Waals surface area contributed by atoms with Crippen molar-refractivity contribution >= 4 is 28.5 Å². The Hall–Kier alpha value is -2.18. The van der Waals surface area contributed by atoms with Crippen LogP contribution in [0, 0.1) is 6.92 Å². The van der Waals surface area contributed by atoms with Crippen LogP contribution in [0.2, 0.25) is 5.02 Å². The molecule has 3 heterocycles. The lowest BCUT2D eigenvalue weighted by molar-refractivity contribution is 0.363. The minimum absolute atomic E-state index is 0.0953. The predicted octanol–water partition coefficient (Wildman–Crippen LogP) is 3.09. The molecular weight excluding hydrogens is 336 g/mol. The number of nitrogens with zero attached hydrogens (tertiary/aromatic N) is 5. The van der Waals surface area contributed by atoms with Crippen LogP contribution in [0.15, 0.2) is 30.7 Å². The van der Waals surface area contributed by atoms with Crippen molar-refractivity contribution in [2.75, 3.05) is 18.0 Å². The second-order valence-corrected chi connectivity index (χ2v) is 7.42. The lowest BCUT2D eigenvalue weighted by Gasteiger charge is -2.37. The van der Waals surface area contributed by atoms with Crippen LogP contribution >= 0.6 is 11.6 Å². The number of hydrogen-bond acceptors (Lipinski definition) is 5. The first kappa shape index (κ1) is 16.3. The summed E-state index contributed by atoms with van der Waals surface area (Å²) in [6.07, 6.45) is 5.29. The van der Waals surface area contributed by atoms with Crippen LogP contribution in [-0.2, 0) is 0 Å². The maximum atomic E-state index is 6.48. The van der Waals surface area contributed by atoms with E-state index in [1.165, 1.54) is 0 Å². The average Bonchev–Trinajstić information content (AvgIpc) is 3.01. The fourth-order valence-electron chi connectivity index (χ4n) is 3.28. The molecule has 4 rings (SSSR count). The Morgan fingerprint density at radius 1 is 1.20 bits per heavy atom. The molecule has 0 unspecified atom stereocenters. The summed E-state index contributed by atoms with van der Waals surface area (Å²) in [5.74, 6) is 0.913. The molecule has 0 radical (unpaired) electrons. The first-order valence-corrected chi connectivity index (χ1v) is 8.82. The Morgan fingerprint density at radius 3 is 2.72 bits per heavy atom. The summed E-state index contributed by atoms with van der Waals surface area (Å²) in [6.45, 7) is 5.86. The topological polar surface area (TPSA) is 72.9 Å². The van der Waals surface area contributed by atoms with Gasteiger partial charge in [0.2, 0.25) is 0 Å². The molecule has 2 aromatic heterocycles. The third-order valence-electron chi connectivity index (χ3n) is 4.95. The smallest absolute Gasteiger partial charge is 0.168 e. The summed E-state index contributed by atoms with van der Waals surface area (Å²) in [6, 6.07) is 5.90. The van der Waals surface area contributed by atoms with Crippen molar-refractivity contribution in [2.24, 2.45) is 5.73 Å². The van der Waals surface area contributed by atoms with Crippen LogP contribution in [0.4, 0.5) is 5.82 Å². The molecule has 130 valence electrons. The monoisotopic (exact) mass is 356 g/mol. The molecule has 0 atom stereocenters. The summed E-state index contributed by atoms with van der Waals surface area (Å²) in [5.41, 5.74) is 8.76. The van der Waals surface area contributed by atoms with Gasteiger partial charge in [0.05, 0.1) is 22.3 Å². The molecule has 7 heteroatoms. The van der Waals surface area contributed by atoms with Crippen LogP contribution in [0.25, 0.3) is 16.7 Å². The van der Waals surface area contributed by atoms with Crippen molar-refractivity contribution in [3.63, 3.8) is 0 Å². The second kappa shape index (κ2) is 5.97. The first-order valence-electron chi connectivity index (χ1n) is 8.44. The molecule has 1 saturated heterocycles. The van der Waals surface area contributed by atoms with Crippen molar-refractivity contribution < 1.29 is 0 Å². The van der Waals surface area contributed by atoms with E-state index in [4.69, 9.17) is 17.3 Å². The molecule has 0 spiro atoms. The van der Waals surface area contributed by atoms with Gasteiger partial charge in [-0.15, -0.1) is 0 Å². The van der Waals surface area contributed by atoms with E-state index in [1.54, 1.807) is 11.0 Å². The highest BCUT2D eigenvalue weighted by Crippen LogP contribution is 2.31.